The van der Waals surface area contributed by atoms with E-state index in [-0.39, 0.29) is 5.97 Å². The highest BCUT2D eigenvalue weighted by Gasteiger charge is 2.18. The SMILES string of the molecule is CCOC(=O)c1[nH]c2ccc(Oc3ccccc3)cc2c1CCN. The number of H-pyrrole nitrogens is 1. The summed E-state index contributed by atoms with van der Waals surface area (Å²) in [6, 6.07) is 15.3. The standard InChI is InChI=1S/C19H20N2O3/c1-2-23-19(22)18-15(10-11-20)16-12-14(8-9-17(16)21-18)24-13-6-4-3-5-7-13/h3-9,12,21H,2,10-11,20H2,1H3. The Morgan fingerprint density at radius 2 is 1.92 bits per heavy atom. The monoisotopic (exact) mass is 324 g/mol. The number of nitrogens with two attached hydrogens (primary N) is 1. The number of aromatic amines is 1. The van der Waals surface area contributed by atoms with E-state index < -0.39 is 0 Å². The largest absolute Gasteiger partial charge is 0.461 e. The van der Waals surface area contributed by atoms with Gasteiger partial charge < -0.3 is 20.2 Å². The number of fused-ring (bicyclic) bond motifs is 1. The molecule has 1 aromatic heterocycles. The Morgan fingerprint density at radius 3 is 2.62 bits per heavy atom. The summed E-state index contributed by atoms with van der Waals surface area (Å²) in [4.78, 5) is 15.3. The van der Waals surface area contributed by atoms with Gasteiger partial charge in [-0.05, 0) is 55.8 Å². The van der Waals surface area contributed by atoms with E-state index in [2.05, 4.69) is 4.98 Å². The number of benzene rings is 2. The zero-order chi connectivity index (χ0) is 16.9. The van der Waals surface area contributed by atoms with Crippen molar-refractivity contribution < 1.29 is 14.3 Å². The van der Waals surface area contributed by atoms with Crippen molar-refractivity contribution >= 4 is 16.9 Å². The smallest absolute Gasteiger partial charge is 0.355 e. The normalized spacial score (nSPS) is 10.8. The summed E-state index contributed by atoms with van der Waals surface area (Å²) in [5.74, 6) is 1.11. The first-order valence-electron chi connectivity index (χ1n) is 7.97. The lowest BCUT2D eigenvalue weighted by atomic mass is 10.1. The molecule has 5 heteroatoms. The number of esters is 1. The van der Waals surface area contributed by atoms with Crippen molar-refractivity contribution in [2.24, 2.45) is 5.73 Å². The predicted octanol–water partition coefficient (Wildman–Crippen LogP) is 3.64. The second-order valence-corrected chi connectivity index (χ2v) is 5.36. The molecule has 0 unspecified atom stereocenters. The van der Waals surface area contributed by atoms with Crippen LogP contribution in [0.3, 0.4) is 0 Å². The lowest BCUT2D eigenvalue weighted by molar-refractivity contribution is 0.0519. The van der Waals surface area contributed by atoms with Crippen molar-refractivity contribution in [1.82, 2.24) is 4.98 Å². The topological polar surface area (TPSA) is 77.3 Å². The molecular weight excluding hydrogens is 304 g/mol. The van der Waals surface area contributed by atoms with Crippen molar-refractivity contribution in [2.45, 2.75) is 13.3 Å². The van der Waals surface area contributed by atoms with Crippen LogP contribution in [0.1, 0.15) is 23.0 Å². The zero-order valence-electron chi connectivity index (χ0n) is 13.5. The summed E-state index contributed by atoms with van der Waals surface area (Å²) < 4.78 is 11.0. The van der Waals surface area contributed by atoms with Gasteiger partial charge in [-0.1, -0.05) is 18.2 Å². The number of ether oxygens (including phenoxy) is 2. The highest BCUT2D eigenvalue weighted by atomic mass is 16.5. The molecule has 0 radical (unpaired) electrons. The molecule has 0 aliphatic rings. The van der Waals surface area contributed by atoms with Gasteiger partial charge in [0.2, 0.25) is 0 Å². The predicted molar refractivity (Wildman–Crippen MR) is 93.5 cm³/mol. The van der Waals surface area contributed by atoms with Gasteiger partial charge in [-0.3, -0.25) is 0 Å². The van der Waals surface area contributed by atoms with E-state index in [9.17, 15) is 4.79 Å². The molecule has 24 heavy (non-hydrogen) atoms. The molecule has 0 atom stereocenters. The fraction of sp³-hybridized carbons (Fsp3) is 0.211. The Morgan fingerprint density at radius 1 is 1.12 bits per heavy atom. The second-order valence-electron chi connectivity index (χ2n) is 5.36. The third kappa shape index (κ3) is 3.26. The van der Waals surface area contributed by atoms with Crippen LogP contribution in [0, 0.1) is 0 Å². The van der Waals surface area contributed by atoms with E-state index >= 15 is 0 Å². The van der Waals surface area contributed by atoms with E-state index in [1.165, 1.54) is 0 Å². The Bertz CT molecular complexity index is 840. The summed E-state index contributed by atoms with van der Waals surface area (Å²) in [6.07, 6.45) is 0.586. The number of carbonyl (C=O) groups is 1. The molecule has 0 fully saturated rings. The number of hydrogen-bond donors (Lipinski definition) is 2. The Balaban J connectivity index is 2.01. The van der Waals surface area contributed by atoms with Crippen molar-refractivity contribution in [2.75, 3.05) is 13.2 Å². The van der Waals surface area contributed by atoms with Crippen molar-refractivity contribution in [3.05, 3.63) is 59.8 Å². The van der Waals surface area contributed by atoms with Gasteiger partial charge in [0.1, 0.15) is 17.2 Å². The second kappa shape index (κ2) is 7.19. The molecular formula is C19H20N2O3. The summed E-state index contributed by atoms with van der Waals surface area (Å²) >= 11 is 0. The fourth-order valence-corrected chi connectivity index (χ4v) is 2.70. The van der Waals surface area contributed by atoms with Gasteiger partial charge in [-0.25, -0.2) is 4.79 Å². The highest BCUT2D eigenvalue weighted by Crippen LogP contribution is 2.30. The molecule has 0 saturated carbocycles. The summed E-state index contributed by atoms with van der Waals surface area (Å²) in [6.45, 7) is 2.57. The van der Waals surface area contributed by atoms with Crippen molar-refractivity contribution in [3.63, 3.8) is 0 Å². The van der Waals surface area contributed by atoms with Crippen LogP contribution in [-0.4, -0.2) is 24.1 Å². The van der Waals surface area contributed by atoms with E-state index in [0.717, 1.165) is 22.2 Å². The van der Waals surface area contributed by atoms with Gasteiger partial charge in [0, 0.05) is 10.9 Å². The van der Waals surface area contributed by atoms with Crippen LogP contribution in [-0.2, 0) is 11.2 Å². The van der Waals surface area contributed by atoms with Gasteiger partial charge >= 0.3 is 5.97 Å². The average molecular weight is 324 g/mol. The molecule has 0 aliphatic heterocycles. The minimum absolute atomic E-state index is 0.332. The van der Waals surface area contributed by atoms with Gasteiger partial charge in [0.15, 0.2) is 0 Å². The Labute approximate surface area is 140 Å². The quantitative estimate of drug-likeness (QED) is 0.679. The third-order valence-corrected chi connectivity index (χ3v) is 3.73. The van der Waals surface area contributed by atoms with Crippen LogP contribution in [0.4, 0.5) is 0 Å². The highest BCUT2D eigenvalue weighted by molar-refractivity contribution is 5.98. The van der Waals surface area contributed by atoms with Crippen LogP contribution in [0.25, 0.3) is 10.9 Å². The van der Waals surface area contributed by atoms with Crippen LogP contribution < -0.4 is 10.5 Å². The number of hydrogen-bond acceptors (Lipinski definition) is 4. The lowest BCUT2D eigenvalue weighted by Gasteiger charge is -2.06. The molecule has 0 aliphatic carbocycles. The minimum Gasteiger partial charge on any atom is -0.461 e. The molecule has 3 N–H and O–H groups in total. The van der Waals surface area contributed by atoms with E-state index in [4.69, 9.17) is 15.2 Å². The first-order valence-corrected chi connectivity index (χ1v) is 7.97. The minimum atomic E-state index is -0.359. The molecule has 1 heterocycles. The van der Waals surface area contributed by atoms with E-state index in [1.54, 1.807) is 6.92 Å². The van der Waals surface area contributed by atoms with Crippen molar-refractivity contribution in [1.29, 1.82) is 0 Å². The number of para-hydroxylation sites is 1. The van der Waals surface area contributed by atoms with Crippen LogP contribution >= 0.6 is 0 Å². The van der Waals surface area contributed by atoms with Gasteiger partial charge in [-0.2, -0.15) is 0 Å². The molecule has 0 bridgehead atoms. The van der Waals surface area contributed by atoms with Gasteiger partial charge in [0.05, 0.1) is 6.61 Å². The zero-order valence-corrected chi connectivity index (χ0v) is 13.5. The first kappa shape index (κ1) is 16.1. The lowest BCUT2D eigenvalue weighted by Crippen LogP contribution is -2.10. The van der Waals surface area contributed by atoms with Crippen LogP contribution in [0.2, 0.25) is 0 Å². The number of carbonyl (C=O) groups excluding carboxylic acids is 1. The fourth-order valence-electron chi connectivity index (χ4n) is 2.70. The Kier molecular flexibility index (Phi) is 4.82. The average Bonchev–Trinajstić information content (AvgIpc) is 2.95. The van der Waals surface area contributed by atoms with E-state index in [0.29, 0.717) is 31.0 Å². The molecule has 3 rings (SSSR count). The summed E-state index contributed by atoms with van der Waals surface area (Å²) in [5.41, 5.74) is 7.91. The molecule has 5 nitrogen and oxygen atoms in total. The third-order valence-electron chi connectivity index (χ3n) is 3.73. The number of aromatic nitrogens is 1. The summed E-state index contributed by atoms with van der Waals surface area (Å²) in [7, 11) is 0. The Hall–Kier alpha value is -2.79. The molecule has 0 saturated heterocycles. The van der Waals surface area contributed by atoms with Gasteiger partial charge in [0.25, 0.3) is 0 Å². The molecule has 3 aromatic rings. The van der Waals surface area contributed by atoms with Crippen LogP contribution in [0.5, 0.6) is 11.5 Å². The number of rotatable bonds is 6. The molecule has 0 amide bonds. The maximum atomic E-state index is 12.2. The molecule has 0 spiro atoms. The van der Waals surface area contributed by atoms with E-state index in [1.807, 2.05) is 48.5 Å². The van der Waals surface area contributed by atoms with Gasteiger partial charge in [-0.15, -0.1) is 0 Å². The summed E-state index contributed by atoms with van der Waals surface area (Å²) in [5, 5.41) is 0.928. The number of nitrogens with one attached hydrogen (secondary N) is 1. The van der Waals surface area contributed by atoms with Crippen molar-refractivity contribution in [3.8, 4) is 11.5 Å². The maximum Gasteiger partial charge on any atom is 0.355 e. The maximum absolute atomic E-state index is 12.2. The van der Waals surface area contributed by atoms with Crippen LogP contribution in [0.15, 0.2) is 48.5 Å². The first-order chi connectivity index (χ1) is 11.7. The molecule has 124 valence electrons. The molecule has 2 aromatic carbocycles.